The van der Waals surface area contributed by atoms with Gasteiger partial charge in [-0.25, -0.2) is 4.98 Å². The molecule has 1 aromatic carbocycles. The quantitative estimate of drug-likeness (QED) is 0.870. The number of nitriles is 1. The molecule has 1 aliphatic rings. The van der Waals surface area contributed by atoms with Crippen LogP contribution in [0.1, 0.15) is 21.5 Å². The van der Waals surface area contributed by atoms with Gasteiger partial charge in [-0.3, -0.25) is 9.69 Å². The second kappa shape index (κ2) is 8.27. The molecule has 6 nitrogen and oxygen atoms in total. The van der Waals surface area contributed by atoms with E-state index in [-0.39, 0.29) is 12.2 Å². The average Bonchev–Trinajstić information content (AvgIpc) is 2.71. The van der Waals surface area contributed by atoms with Gasteiger partial charge in [0.05, 0.1) is 23.4 Å². The molecule has 1 aromatic heterocycles. The minimum absolute atomic E-state index is 0.145. The van der Waals surface area contributed by atoms with Crippen LogP contribution in [0.25, 0.3) is 0 Å². The Morgan fingerprint density at radius 1 is 1.14 bits per heavy atom. The van der Waals surface area contributed by atoms with Gasteiger partial charge in [0.25, 0.3) is 5.91 Å². The molecule has 0 atom stereocenters. The number of nitrogens with zero attached hydrogens (tertiary/aromatic N) is 4. The van der Waals surface area contributed by atoms with Crippen molar-refractivity contribution >= 4 is 11.7 Å². The molecule has 1 fully saturated rings. The highest BCUT2D eigenvalue weighted by Gasteiger charge is 2.34. The lowest BCUT2D eigenvalue weighted by atomic mass is 10.1. The Morgan fingerprint density at radius 2 is 1.86 bits per heavy atom. The van der Waals surface area contributed by atoms with Gasteiger partial charge in [-0.15, -0.1) is 0 Å². The number of anilines is 1. The van der Waals surface area contributed by atoms with Crippen molar-refractivity contribution in [3.05, 3.63) is 59.3 Å². The first-order valence-electron chi connectivity index (χ1n) is 8.67. The van der Waals surface area contributed by atoms with E-state index in [0.29, 0.717) is 37.6 Å². The fourth-order valence-corrected chi connectivity index (χ4v) is 3.06. The first-order chi connectivity index (χ1) is 13.4. The highest BCUT2D eigenvalue weighted by Crippen LogP contribution is 2.31. The molecule has 0 aliphatic carbocycles. The highest BCUT2D eigenvalue weighted by molar-refractivity contribution is 5.95. The van der Waals surface area contributed by atoms with Gasteiger partial charge in [-0.1, -0.05) is 12.1 Å². The summed E-state index contributed by atoms with van der Waals surface area (Å²) < 4.78 is 39.1. The number of aromatic nitrogens is 1. The molecule has 0 bridgehead atoms. The van der Waals surface area contributed by atoms with E-state index in [1.807, 2.05) is 9.80 Å². The fourth-order valence-electron chi connectivity index (χ4n) is 3.06. The number of carbonyl (C=O) groups excluding carboxylic acids is 1. The molecule has 28 heavy (non-hydrogen) atoms. The lowest BCUT2D eigenvalue weighted by molar-refractivity contribution is -0.137. The minimum atomic E-state index is -4.58. The van der Waals surface area contributed by atoms with Gasteiger partial charge in [0.1, 0.15) is 11.9 Å². The van der Waals surface area contributed by atoms with E-state index < -0.39 is 17.6 Å². The molecular weight excluding hydrogens is 371 g/mol. The number of hydrogen-bond acceptors (Lipinski definition) is 5. The van der Waals surface area contributed by atoms with Crippen LogP contribution in [0.3, 0.4) is 0 Å². The summed E-state index contributed by atoms with van der Waals surface area (Å²) in [6, 6.07) is 10.2. The Bertz CT molecular complexity index is 886. The van der Waals surface area contributed by atoms with Crippen molar-refractivity contribution in [2.24, 2.45) is 0 Å². The SMILES string of the molecule is N#Cc1cccnc1N1CCN(CNC(=O)c2ccccc2C(F)(F)F)CC1. The predicted molar refractivity (Wildman–Crippen MR) is 96.5 cm³/mol. The topological polar surface area (TPSA) is 72.3 Å². The van der Waals surface area contributed by atoms with Crippen LogP contribution in [0.5, 0.6) is 0 Å². The summed E-state index contributed by atoms with van der Waals surface area (Å²) in [5.41, 5.74) is -0.842. The van der Waals surface area contributed by atoms with Crippen molar-refractivity contribution in [2.45, 2.75) is 6.18 Å². The van der Waals surface area contributed by atoms with Crippen LogP contribution in [0.15, 0.2) is 42.6 Å². The second-order valence-corrected chi connectivity index (χ2v) is 6.30. The summed E-state index contributed by atoms with van der Waals surface area (Å²) in [4.78, 5) is 20.4. The van der Waals surface area contributed by atoms with E-state index in [4.69, 9.17) is 0 Å². The van der Waals surface area contributed by atoms with Crippen molar-refractivity contribution < 1.29 is 18.0 Å². The van der Waals surface area contributed by atoms with Crippen LogP contribution < -0.4 is 10.2 Å². The summed E-state index contributed by atoms with van der Waals surface area (Å²) in [7, 11) is 0. The lowest BCUT2D eigenvalue weighted by Crippen LogP contribution is -2.50. The Balaban J connectivity index is 1.57. The van der Waals surface area contributed by atoms with Gasteiger partial charge in [-0.2, -0.15) is 18.4 Å². The van der Waals surface area contributed by atoms with Crippen molar-refractivity contribution in [3.63, 3.8) is 0 Å². The van der Waals surface area contributed by atoms with Crippen LogP contribution in [0, 0.1) is 11.3 Å². The smallest absolute Gasteiger partial charge is 0.353 e. The van der Waals surface area contributed by atoms with Gasteiger partial charge >= 0.3 is 6.18 Å². The number of benzene rings is 1. The maximum absolute atomic E-state index is 13.0. The number of amides is 1. The molecule has 9 heteroatoms. The molecule has 3 rings (SSSR count). The third-order valence-corrected chi connectivity index (χ3v) is 4.52. The number of carbonyl (C=O) groups is 1. The van der Waals surface area contributed by atoms with Crippen molar-refractivity contribution in [3.8, 4) is 6.07 Å². The van der Waals surface area contributed by atoms with Crippen LogP contribution in [0.2, 0.25) is 0 Å². The van der Waals surface area contributed by atoms with Crippen LogP contribution in [0.4, 0.5) is 19.0 Å². The molecule has 146 valence electrons. The zero-order valence-corrected chi connectivity index (χ0v) is 14.9. The van der Waals surface area contributed by atoms with Gasteiger partial charge in [0.2, 0.25) is 0 Å². The Hall–Kier alpha value is -3.12. The molecule has 2 heterocycles. The normalized spacial score (nSPS) is 15.1. The van der Waals surface area contributed by atoms with Crippen molar-refractivity contribution in [1.29, 1.82) is 5.26 Å². The maximum Gasteiger partial charge on any atom is 0.417 e. The van der Waals surface area contributed by atoms with Crippen LogP contribution >= 0.6 is 0 Å². The predicted octanol–water partition coefficient (Wildman–Crippen LogP) is 2.48. The number of pyridine rings is 1. The summed E-state index contributed by atoms with van der Waals surface area (Å²) in [6.07, 6.45) is -2.96. The van der Waals surface area contributed by atoms with Gasteiger partial charge in [-0.05, 0) is 24.3 Å². The number of alkyl halides is 3. The van der Waals surface area contributed by atoms with E-state index in [0.717, 1.165) is 6.07 Å². The maximum atomic E-state index is 13.0. The Morgan fingerprint density at radius 3 is 2.54 bits per heavy atom. The van der Waals surface area contributed by atoms with Gasteiger partial charge < -0.3 is 10.2 Å². The number of nitrogens with one attached hydrogen (secondary N) is 1. The second-order valence-electron chi connectivity index (χ2n) is 6.30. The highest BCUT2D eigenvalue weighted by atomic mass is 19.4. The summed E-state index contributed by atoms with van der Waals surface area (Å²) in [5.74, 6) is -0.139. The Labute approximate surface area is 160 Å². The Kier molecular flexibility index (Phi) is 5.80. The van der Waals surface area contributed by atoms with Crippen molar-refractivity contribution in [1.82, 2.24) is 15.2 Å². The van der Waals surface area contributed by atoms with Gasteiger partial charge in [0, 0.05) is 32.4 Å². The zero-order chi connectivity index (χ0) is 20.1. The summed E-state index contributed by atoms with van der Waals surface area (Å²) in [5, 5.41) is 11.7. The molecule has 1 aliphatic heterocycles. The molecule has 1 saturated heterocycles. The van der Waals surface area contributed by atoms with E-state index in [1.54, 1.807) is 18.3 Å². The van der Waals surface area contributed by atoms with Crippen LogP contribution in [-0.2, 0) is 6.18 Å². The lowest BCUT2D eigenvalue weighted by Gasteiger charge is -2.35. The van der Waals surface area contributed by atoms with Crippen LogP contribution in [-0.4, -0.2) is 48.6 Å². The number of halogens is 3. The number of piperazine rings is 1. The van der Waals surface area contributed by atoms with E-state index >= 15 is 0 Å². The molecule has 1 N–H and O–H groups in total. The minimum Gasteiger partial charge on any atom is -0.353 e. The molecule has 0 saturated carbocycles. The van der Waals surface area contributed by atoms with Gasteiger partial charge in [0.15, 0.2) is 0 Å². The molecule has 1 amide bonds. The number of rotatable bonds is 4. The summed E-state index contributed by atoms with van der Waals surface area (Å²) >= 11 is 0. The van der Waals surface area contributed by atoms with E-state index in [1.165, 1.54) is 18.2 Å². The van der Waals surface area contributed by atoms with E-state index in [2.05, 4.69) is 16.4 Å². The first kappa shape index (κ1) is 19.6. The fraction of sp³-hybridized carbons (Fsp3) is 0.316. The van der Waals surface area contributed by atoms with Crippen molar-refractivity contribution in [2.75, 3.05) is 37.7 Å². The summed E-state index contributed by atoms with van der Waals surface area (Å²) in [6.45, 7) is 2.51. The molecule has 0 radical (unpaired) electrons. The molecule has 2 aromatic rings. The molecular formula is C19H18F3N5O. The third-order valence-electron chi connectivity index (χ3n) is 4.52. The van der Waals surface area contributed by atoms with E-state index in [9.17, 15) is 23.2 Å². The average molecular weight is 389 g/mol. The molecule has 0 unspecified atom stereocenters. The first-order valence-corrected chi connectivity index (χ1v) is 8.67. The number of hydrogen-bond donors (Lipinski definition) is 1. The third kappa shape index (κ3) is 4.40. The standard InChI is InChI=1S/C19H18F3N5O/c20-19(21,22)16-6-2-1-5-15(16)18(28)25-13-26-8-10-27(11-9-26)17-14(12-23)4-3-7-24-17/h1-7H,8-11,13H2,(H,25,28). The monoisotopic (exact) mass is 389 g/mol. The largest absolute Gasteiger partial charge is 0.417 e. The zero-order valence-electron chi connectivity index (χ0n) is 14.9. The molecule has 0 spiro atoms.